The van der Waals surface area contributed by atoms with Gasteiger partial charge in [-0.05, 0) is 68.2 Å². The number of hydrogen-bond acceptors (Lipinski definition) is 3. The predicted molar refractivity (Wildman–Crippen MR) is 114 cm³/mol. The Kier molecular flexibility index (Phi) is 5.64. The second-order valence-corrected chi connectivity index (χ2v) is 7.87. The number of nitrogens with one attached hydrogen (secondary N) is 2. The summed E-state index contributed by atoms with van der Waals surface area (Å²) in [6, 6.07) is 13.8. The normalized spacial score (nSPS) is 15.8. The Morgan fingerprint density at radius 2 is 1.96 bits per heavy atom. The number of carbonyl (C=O) groups is 1. The zero-order valence-corrected chi connectivity index (χ0v) is 16.8. The minimum atomic E-state index is 0.0427. The fraction of sp³-hybridized carbons (Fsp3) is 0.364. The highest BCUT2D eigenvalue weighted by Crippen LogP contribution is 2.28. The number of amides is 1. The Morgan fingerprint density at radius 1 is 1.21 bits per heavy atom. The van der Waals surface area contributed by atoms with E-state index in [0.29, 0.717) is 17.5 Å². The van der Waals surface area contributed by atoms with Gasteiger partial charge in [-0.1, -0.05) is 30.7 Å². The second kappa shape index (κ2) is 8.33. The number of benzene rings is 2. The lowest BCUT2D eigenvalue weighted by molar-refractivity contribution is -0.117. The summed E-state index contributed by atoms with van der Waals surface area (Å²) in [4.78, 5) is 22.7. The van der Waals surface area contributed by atoms with E-state index >= 15 is 0 Å². The van der Waals surface area contributed by atoms with Crippen LogP contribution in [-0.4, -0.2) is 40.4 Å². The van der Waals surface area contributed by atoms with E-state index in [9.17, 15) is 4.79 Å². The van der Waals surface area contributed by atoms with Crippen molar-refractivity contribution in [3.63, 3.8) is 0 Å². The third kappa shape index (κ3) is 4.37. The Balaban J connectivity index is 1.30. The Hall–Kier alpha value is -2.37. The molecule has 1 saturated heterocycles. The van der Waals surface area contributed by atoms with E-state index in [1.54, 1.807) is 0 Å². The number of H-pyrrole nitrogens is 1. The number of aromatic nitrogens is 2. The molecule has 2 aromatic carbocycles. The molecule has 1 fully saturated rings. The van der Waals surface area contributed by atoms with E-state index in [2.05, 4.69) is 34.3 Å². The maximum Gasteiger partial charge on any atom is 0.238 e. The molecule has 1 aliphatic heterocycles. The summed E-state index contributed by atoms with van der Waals surface area (Å²) in [5, 5.41) is 3.71. The number of aryl methyl sites for hydroxylation is 1. The van der Waals surface area contributed by atoms with Gasteiger partial charge in [0, 0.05) is 16.6 Å². The van der Waals surface area contributed by atoms with Crippen LogP contribution in [0.2, 0.25) is 5.02 Å². The van der Waals surface area contributed by atoms with Crippen LogP contribution in [-0.2, 0) is 11.2 Å². The lowest BCUT2D eigenvalue weighted by Crippen LogP contribution is -2.38. The molecule has 0 radical (unpaired) electrons. The number of piperidine rings is 1. The lowest BCUT2D eigenvalue weighted by atomic mass is 9.96. The third-order valence-electron chi connectivity index (χ3n) is 5.45. The number of anilines is 1. The minimum absolute atomic E-state index is 0.0427. The Morgan fingerprint density at radius 3 is 2.68 bits per heavy atom. The van der Waals surface area contributed by atoms with Crippen molar-refractivity contribution in [2.24, 2.45) is 0 Å². The van der Waals surface area contributed by atoms with Crippen molar-refractivity contribution in [3.05, 3.63) is 58.9 Å². The number of halogens is 1. The van der Waals surface area contributed by atoms with Crippen LogP contribution in [0.15, 0.2) is 42.5 Å². The number of imidazole rings is 1. The number of rotatable bonds is 5. The van der Waals surface area contributed by atoms with Gasteiger partial charge < -0.3 is 10.3 Å². The summed E-state index contributed by atoms with van der Waals surface area (Å²) in [6.07, 6.45) is 2.99. The van der Waals surface area contributed by atoms with E-state index in [0.717, 1.165) is 54.9 Å². The Bertz CT molecular complexity index is 958. The van der Waals surface area contributed by atoms with Crippen molar-refractivity contribution in [2.45, 2.75) is 32.1 Å². The SMILES string of the molecule is CCc1ccc(NC(=O)CN2CCC(c3nc4ccc(Cl)cc4[nH]3)CC2)cc1. The molecule has 0 bridgehead atoms. The first-order chi connectivity index (χ1) is 13.6. The van der Waals surface area contributed by atoms with E-state index in [-0.39, 0.29) is 5.91 Å². The highest BCUT2D eigenvalue weighted by atomic mass is 35.5. The number of aromatic amines is 1. The molecule has 0 unspecified atom stereocenters. The maximum absolute atomic E-state index is 12.4. The number of nitrogens with zero attached hydrogens (tertiary/aromatic N) is 2. The molecule has 0 atom stereocenters. The lowest BCUT2D eigenvalue weighted by Gasteiger charge is -2.30. The molecule has 1 aliphatic rings. The van der Waals surface area contributed by atoms with E-state index < -0.39 is 0 Å². The molecule has 28 heavy (non-hydrogen) atoms. The average molecular weight is 397 g/mol. The zero-order chi connectivity index (χ0) is 19.5. The number of hydrogen-bond donors (Lipinski definition) is 2. The molecule has 4 rings (SSSR count). The van der Waals surface area contributed by atoms with Crippen LogP contribution in [0.25, 0.3) is 11.0 Å². The van der Waals surface area contributed by atoms with Gasteiger partial charge in [0.2, 0.25) is 5.91 Å². The second-order valence-electron chi connectivity index (χ2n) is 7.43. The quantitative estimate of drug-likeness (QED) is 0.662. The molecule has 6 heteroatoms. The molecular formula is C22H25ClN4O. The van der Waals surface area contributed by atoms with Crippen LogP contribution in [0, 0.1) is 0 Å². The monoisotopic (exact) mass is 396 g/mol. The third-order valence-corrected chi connectivity index (χ3v) is 5.68. The van der Waals surface area contributed by atoms with E-state index in [1.807, 2.05) is 30.3 Å². The van der Waals surface area contributed by atoms with Crippen LogP contribution in [0.1, 0.15) is 37.1 Å². The highest BCUT2D eigenvalue weighted by molar-refractivity contribution is 6.31. The van der Waals surface area contributed by atoms with Crippen molar-refractivity contribution in [1.29, 1.82) is 0 Å². The van der Waals surface area contributed by atoms with Crippen molar-refractivity contribution in [1.82, 2.24) is 14.9 Å². The van der Waals surface area contributed by atoms with Crippen molar-refractivity contribution >= 4 is 34.2 Å². The number of likely N-dealkylation sites (tertiary alicyclic amines) is 1. The van der Waals surface area contributed by atoms with Crippen molar-refractivity contribution in [3.8, 4) is 0 Å². The smallest absolute Gasteiger partial charge is 0.238 e. The van der Waals surface area contributed by atoms with Crippen LogP contribution in [0.3, 0.4) is 0 Å². The largest absolute Gasteiger partial charge is 0.342 e. The Labute approximate surface area is 170 Å². The molecule has 0 aliphatic carbocycles. The molecule has 2 N–H and O–H groups in total. The molecule has 1 aromatic heterocycles. The molecule has 5 nitrogen and oxygen atoms in total. The van der Waals surface area contributed by atoms with Gasteiger partial charge in [-0.2, -0.15) is 0 Å². The van der Waals surface area contributed by atoms with Crippen molar-refractivity contribution in [2.75, 3.05) is 25.0 Å². The predicted octanol–water partition coefficient (Wildman–Crippen LogP) is 4.60. The van der Waals surface area contributed by atoms with Crippen LogP contribution in [0.5, 0.6) is 0 Å². The first kappa shape index (κ1) is 19.0. The van der Waals surface area contributed by atoms with Gasteiger partial charge in [0.05, 0.1) is 17.6 Å². The molecule has 146 valence electrons. The number of fused-ring (bicyclic) bond motifs is 1. The van der Waals surface area contributed by atoms with E-state index in [4.69, 9.17) is 16.6 Å². The molecule has 3 aromatic rings. The van der Waals surface area contributed by atoms with Gasteiger partial charge in [0.1, 0.15) is 5.82 Å². The van der Waals surface area contributed by atoms with Gasteiger partial charge in [-0.3, -0.25) is 9.69 Å². The molecular weight excluding hydrogens is 372 g/mol. The summed E-state index contributed by atoms with van der Waals surface area (Å²) < 4.78 is 0. The molecule has 0 spiro atoms. The first-order valence-electron chi connectivity index (χ1n) is 9.87. The van der Waals surface area contributed by atoms with Gasteiger partial charge >= 0.3 is 0 Å². The molecule has 1 amide bonds. The van der Waals surface area contributed by atoms with Gasteiger partial charge in [0.25, 0.3) is 0 Å². The fourth-order valence-corrected chi connectivity index (χ4v) is 3.96. The van der Waals surface area contributed by atoms with Gasteiger partial charge in [-0.15, -0.1) is 0 Å². The summed E-state index contributed by atoms with van der Waals surface area (Å²) in [5.74, 6) is 1.46. The summed E-state index contributed by atoms with van der Waals surface area (Å²) in [5.41, 5.74) is 4.07. The number of carbonyl (C=O) groups excluding carboxylic acids is 1. The topological polar surface area (TPSA) is 61.0 Å². The van der Waals surface area contributed by atoms with Gasteiger partial charge in [0.15, 0.2) is 0 Å². The fourth-order valence-electron chi connectivity index (χ4n) is 3.79. The standard InChI is InChI=1S/C22H25ClN4O/c1-2-15-3-6-18(7-4-15)24-21(28)14-27-11-9-16(10-12-27)22-25-19-8-5-17(23)13-20(19)26-22/h3-8,13,16H,2,9-12,14H2,1H3,(H,24,28)(H,25,26). The van der Waals surface area contributed by atoms with Crippen LogP contribution in [0.4, 0.5) is 5.69 Å². The summed E-state index contributed by atoms with van der Waals surface area (Å²) in [6.45, 7) is 4.34. The van der Waals surface area contributed by atoms with Gasteiger partial charge in [-0.25, -0.2) is 4.98 Å². The van der Waals surface area contributed by atoms with Crippen LogP contribution < -0.4 is 5.32 Å². The van der Waals surface area contributed by atoms with Crippen molar-refractivity contribution < 1.29 is 4.79 Å². The van der Waals surface area contributed by atoms with Crippen LogP contribution >= 0.6 is 11.6 Å². The highest BCUT2D eigenvalue weighted by Gasteiger charge is 2.24. The minimum Gasteiger partial charge on any atom is -0.342 e. The first-order valence-corrected chi connectivity index (χ1v) is 10.2. The summed E-state index contributed by atoms with van der Waals surface area (Å²) in [7, 11) is 0. The zero-order valence-electron chi connectivity index (χ0n) is 16.0. The average Bonchev–Trinajstić information content (AvgIpc) is 3.12. The molecule has 0 saturated carbocycles. The van der Waals surface area contributed by atoms with E-state index in [1.165, 1.54) is 5.56 Å². The summed E-state index contributed by atoms with van der Waals surface area (Å²) >= 11 is 6.06. The molecule has 2 heterocycles. The maximum atomic E-state index is 12.4.